The van der Waals surface area contributed by atoms with Crippen molar-refractivity contribution in [2.24, 2.45) is 23.5 Å². The van der Waals surface area contributed by atoms with E-state index in [1.54, 1.807) is 19.0 Å². The molecule has 1 saturated heterocycles. The quantitative estimate of drug-likeness (QED) is 0.786. The van der Waals surface area contributed by atoms with Crippen molar-refractivity contribution in [3.63, 3.8) is 0 Å². The van der Waals surface area contributed by atoms with E-state index in [1.165, 1.54) is 19.3 Å². The fourth-order valence-electron chi connectivity index (χ4n) is 4.89. The van der Waals surface area contributed by atoms with Crippen molar-refractivity contribution in [1.82, 2.24) is 15.1 Å². The number of carbonyl (C=O) groups is 2. The van der Waals surface area contributed by atoms with Gasteiger partial charge in [-0.3, -0.25) is 14.5 Å². The second kappa shape index (κ2) is 8.04. The first kappa shape index (κ1) is 18.6. The van der Waals surface area contributed by atoms with E-state index in [-0.39, 0.29) is 23.8 Å². The maximum Gasteiger partial charge on any atom is 0.236 e. The number of nitrogens with one attached hydrogen (secondary N) is 1. The van der Waals surface area contributed by atoms with Crippen molar-refractivity contribution in [3.8, 4) is 0 Å². The number of nitrogens with two attached hydrogens (primary N) is 1. The minimum atomic E-state index is 0.146. The van der Waals surface area contributed by atoms with E-state index in [0.717, 1.165) is 38.8 Å². The highest BCUT2D eigenvalue weighted by atomic mass is 16.2. The lowest BCUT2D eigenvalue weighted by atomic mass is 9.65. The number of nitrogens with zero attached hydrogens (tertiary/aromatic N) is 2. The van der Waals surface area contributed by atoms with Gasteiger partial charge in [-0.15, -0.1) is 0 Å². The molecule has 2 atom stereocenters. The van der Waals surface area contributed by atoms with Crippen LogP contribution in [0, 0.1) is 17.8 Å². The van der Waals surface area contributed by atoms with Gasteiger partial charge in [0.15, 0.2) is 0 Å². The number of rotatable bonds is 4. The third-order valence-electron chi connectivity index (χ3n) is 6.58. The van der Waals surface area contributed by atoms with Crippen LogP contribution in [0.1, 0.15) is 44.9 Å². The fourth-order valence-corrected chi connectivity index (χ4v) is 4.89. The van der Waals surface area contributed by atoms with E-state index >= 15 is 0 Å². The summed E-state index contributed by atoms with van der Waals surface area (Å²) in [6.07, 6.45) is 7.48. The minimum absolute atomic E-state index is 0.146. The van der Waals surface area contributed by atoms with E-state index in [4.69, 9.17) is 5.73 Å². The molecule has 3 aliphatic rings. The summed E-state index contributed by atoms with van der Waals surface area (Å²) in [5.74, 6) is 1.63. The van der Waals surface area contributed by atoms with Crippen molar-refractivity contribution in [2.75, 3.05) is 33.7 Å². The molecule has 2 bridgehead atoms. The number of hydrogen-bond donors (Lipinski definition) is 2. The molecule has 6 heteroatoms. The van der Waals surface area contributed by atoms with Gasteiger partial charge in [-0.1, -0.05) is 6.42 Å². The van der Waals surface area contributed by atoms with Crippen LogP contribution in [-0.4, -0.2) is 67.4 Å². The first-order chi connectivity index (χ1) is 11.9. The lowest BCUT2D eigenvalue weighted by Crippen LogP contribution is -2.52. The van der Waals surface area contributed by atoms with E-state index in [0.29, 0.717) is 24.4 Å². The smallest absolute Gasteiger partial charge is 0.236 e. The van der Waals surface area contributed by atoms with Gasteiger partial charge in [-0.05, 0) is 50.4 Å². The van der Waals surface area contributed by atoms with Gasteiger partial charge in [0, 0.05) is 45.2 Å². The van der Waals surface area contributed by atoms with E-state index < -0.39 is 0 Å². The molecule has 3 rings (SSSR count). The number of fused-ring (bicyclic) bond motifs is 2. The number of amides is 2. The highest BCUT2D eigenvalue weighted by molar-refractivity contribution is 5.79. The summed E-state index contributed by atoms with van der Waals surface area (Å²) in [5, 5.41) is 3.29. The van der Waals surface area contributed by atoms with Gasteiger partial charge in [-0.2, -0.15) is 0 Å². The van der Waals surface area contributed by atoms with Crippen LogP contribution in [0.15, 0.2) is 0 Å². The Morgan fingerprint density at radius 2 is 1.68 bits per heavy atom. The largest absolute Gasteiger partial charge is 0.353 e. The molecule has 25 heavy (non-hydrogen) atoms. The van der Waals surface area contributed by atoms with Crippen LogP contribution in [0.2, 0.25) is 0 Å². The zero-order valence-electron chi connectivity index (χ0n) is 15.7. The average molecular weight is 351 g/mol. The molecule has 1 heterocycles. The molecule has 3 fully saturated rings. The molecule has 142 valence electrons. The highest BCUT2D eigenvalue weighted by Gasteiger charge is 2.40. The Bertz CT molecular complexity index is 474. The van der Waals surface area contributed by atoms with Crippen molar-refractivity contribution >= 4 is 11.8 Å². The first-order valence-electron chi connectivity index (χ1n) is 9.92. The minimum Gasteiger partial charge on any atom is -0.353 e. The SMILES string of the molecule is CN(C)C(=O)CN1CCC(NC(=O)C2CC3CCCC(C2)C3N)CC1. The zero-order chi connectivity index (χ0) is 18.0. The second-order valence-electron chi connectivity index (χ2n) is 8.54. The molecule has 6 nitrogen and oxygen atoms in total. The first-order valence-corrected chi connectivity index (χ1v) is 9.92. The van der Waals surface area contributed by atoms with Gasteiger partial charge >= 0.3 is 0 Å². The Hall–Kier alpha value is -1.14. The normalized spacial score (nSPS) is 33.7. The predicted molar refractivity (Wildman–Crippen MR) is 97.8 cm³/mol. The Morgan fingerprint density at radius 1 is 1.08 bits per heavy atom. The summed E-state index contributed by atoms with van der Waals surface area (Å²) in [7, 11) is 3.58. The van der Waals surface area contributed by atoms with Gasteiger partial charge in [0.05, 0.1) is 6.54 Å². The molecule has 2 unspecified atom stereocenters. The Balaban J connectivity index is 1.43. The number of piperidine rings is 1. The standard InChI is InChI=1S/C19H34N4O2/c1-22(2)17(24)12-23-8-6-16(7-9-23)21-19(25)15-10-13-4-3-5-14(11-15)18(13)20/h13-16,18H,3-12,20H2,1-2H3,(H,21,25). The lowest BCUT2D eigenvalue weighted by molar-refractivity contribution is -0.131. The summed E-state index contributed by atoms with van der Waals surface area (Å²) in [6.45, 7) is 2.24. The van der Waals surface area contributed by atoms with Crippen LogP contribution >= 0.6 is 0 Å². The van der Waals surface area contributed by atoms with Crippen molar-refractivity contribution in [3.05, 3.63) is 0 Å². The number of likely N-dealkylation sites (tertiary alicyclic amines) is 1. The van der Waals surface area contributed by atoms with Crippen molar-refractivity contribution in [1.29, 1.82) is 0 Å². The molecule has 0 spiro atoms. The monoisotopic (exact) mass is 350 g/mol. The van der Waals surface area contributed by atoms with Gasteiger partial charge < -0.3 is 16.0 Å². The van der Waals surface area contributed by atoms with Gasteiger partial charge in [0.2, 0.25) is 11.8 Å². The van der Waals surface area contributed by atoms with E-state index in [2.05, 4.69) is 10.2 Å². The Labute approximate surface area is 151 Å². The Morgan fingerprint density at radius 3 is 2.24 bits per heavy atom. The molecule has 3 N–H and O–H groups in total. The van der Waals surface area contributed by atoms with Gasteiger partial charge in [0.1, 0.15) is 0 Å². The lowest BCUT2D eigenvalue weighted by Gasteiger charge is -2.44. The summed E-state index contributed by atoms with van der Waals surface area (Å²) in [6, 6.07) is 0.573. The molecule has 0 aromatic rings. The van der Waals surface area contributed by atoms with E-state index in [9.17, 15) is 9.59 Å². The maximum absolute atomic E-state index is 12.7. The Kier molecular flexibility index (Phi) is 6.00. The van der Waals surface area contributed by atoms with Crippen molar-refractivity contribution < 1.29 is 9.59 Å². The van der Waals surface area contributed by atoms with Crippen LogP contribution in [0.4, 0.5) is 0 Å². The number of likely N-dealkylation sites (N-methyl/N-ethyl adjacent to an activating group) is 1. The number of hydrogen-bond acceptors (Lipinski definition) is 4. The third kappa shape index (κ3) is 4.53. The van der Waals surface area contributed by atoms with Gasteiger partial charge in [0.25, 0.3) is 0 Å². The zero-order valence-corrected chi connectivity index (χ0v) is 15.7. The highest BCUT2D eigenvalue weighted by Crippen LogP contribution is 2.41. The molecule has 1 aliphatic heterocycles. The van der Waals surface area contributed by atoms with E-state index in [1.807, 2.05) is 0 Å². The third-order valence-corrected chi connectivity index (χ3v) is 6.58. The molecular weight excluding hydrogens is 316 g/mol. The van der Waals surface area contributed by atoms with Gasteiger partial charge in [-0.25, -0.2) is 0 Å². The molecule has 0 aromatic heterocycles. The van der Waals surface area contributed by atoms with Crippen LogP contribution < -0.4 is 11.1 Å². The van der Waals surface area contributed by atoms with Crippen LogP contribution in [-0.2, 0) is 9.59 Å². The van der Waals surface area contributed by atoms with Crippen LogP contribution in [0.3, 0.4) is 0 Å². The number of carbonyl (C=O) groups excluding carboxylic acids is 2. The molecule has 2 aliphatic carbocycles. The summed E-state index contributed by atoms with van der Waals surface area (Å²) in [5.41, 5.74) is 6.34. The predicted octanol–water partition coefficient (Wildman–Crippen LogP) is 0.809. The van der Waals surface area contributed by atoms with Crippen LogP contribution in [0.25, 0.3) is 0 Å². The molecular formula is C19H34N4O2. The topological polar surface area (TPSA) is 78.7 Å². The molecule has 2 saturated carbocycles. The summed E-state index contributed by atoms with van der Waals surface area (Å²) in [4.78, 5) is 28.4. The second-order valence-corrected chi connectivity index (χ2v) is 8.54. The van der Waals surface area contributed by atoms with Crippen LogP contribution in [0.5, 0.6) is 0 Å². The molecule has 0 aromatic carbocycles. The summed E-state index contributed by atoms with van der Waals surface area (Å²) < 4.78 is 0. The molecule has 2 amide bonds. The molecule has 0 radical (unpaired) electrons. The summed E-state index contributed by atoms with van der Waals surface area (Å²) >= 11 is 0. The van der Waals surface area contributed by atoms with Crippen molar-refractivity contribution in [2.45, 2.75) is 57.0 Å². The average Bonchev–Trinajstić information content (AvgIpc) is 2.56. The fraction of sp³-hybridized carbons (Fsp3) is 0.895. The maximum atomic E-state index is 12.7.